The second-order valence-electron chi connectivity index (χ2n) is 4.88. The summed E-state index contributed by atoms with van der Waals surface area (Å²) in [6.45, 7) is 3.85. The summed E-state index contributed by atoms with van der Waals surface area (Å²) < 4.78 is 32.0. The summed E-state index contributed by atoms with van der Waals surface area (Å²) in [7, 11) is 1.55. The number of aryl methyl sites for hydroxylation is 2. The Labute approximate surface area is 117 Å². The smallest absolute Gasteiger partial charge is 0.126 e. The van der Waals surface area contributed by atoms with Crippen molar-refractivity contribution >= 4 is 0 Å². The number of hydrogen-bond acceptors (Lipinski definition) is 2. The van der Waals surface area contributed by atoms with Gasteiger partial charge in [0.15, 0.2) is 0 Å². The van der Waals surface area contributed by atoms with Crippen LogP contribution in [0, 0.1) is 25.5 Å². The van der Waals surface area contributed by atoms with Crippen LogP contribution in [0.4, 0.5) is 8.78 Å². The first-order valence-corrected chi connectivity index (χ1v) is 6.29. The Hall–Kier alpha value is -1.94. The third kappa shape index (κ3) is 2.80. The Morgan fingerprint density at radius 3 is 2.15 bits per heavy atom. The highest BCUT2D eigenvalue weighted by atomic mass is 19.1. The van der Waals surface area contributed by atoms with Gasteiger partial charge in [-0.05, 0) is 48.7 Å². The monoisotopic (exact) mass is 277 g/mol. The van der Waals surface area contributed by atoms with Gasteiger partial charge in [0.05, 0.1) is 13.2 Å². The maximum absolute atomic E-state index is 13.3. The van der Waals surface area contributed by atoms with Crippen molar-refractivity contribution in [3.63, 3.8) is 0 Å². The van der Waals surface area contributed by atoms with Gasteiger partial charge >= 0.3 is 0 Å². The minimum absolute atomic E-state index is 0.382. The molecule has 0 heterocycles. The molecule has 2 nitrogen and oxygen atoms in total. The molecule has 2 N–H and O–H groups in total. The van der Waals surface area contributed by atoms with Crippen LogP contribution in [-0.4, -0.2) is 7.11 Å². The maximum atomic E-state index is 13.3. The summed E-state index contributed by atoms with van der Waals surface area (Å²) in [5.41, 5.74) is 9.26. The van der Waals surface area contributed by atoms with Crippen LogP contribution in [0.5, 0.6) is 5.75 Å². The minimum Gasteiger partial charge on any atom is -0.496 e. The van der Waals surface area contributed by atoms with Gasteiger partial charge in [0, 0.05) is 11.6 Å². The zero-order valence-corrected chi connectivity index (χ0v) is 11.7. The molecule has 106 valence electrons. The van der Waals surface area contributed by atoms with Gasteiger partial charge < -0.3 is 10.5 Å². The Morgan fingerprint density at radius 1 is 1.00 bits per heavy atom. The highest BCUT2D eigenvalue weighted by Gasteiger charge is 2.18. The first-order chi connectivity index (χ1) is 9.42. The minimum atomic E-state index is -0.643. The van der Waals surface area contributed by atoms with Crippen molar-refractivity contribution in [3.8, 4) is 5.75 Å². The molecule has 0 amide bonds. The number of methoxy groups -OCH3 is 1. The molecular formula is C16H17F2NO. The second kappa shape index (κ2) is 5.59. The summed E-state index contributed by atoms with van der Waals surface area (Å²) in [5.74, 6) is -0.655. The molecule has 0 saturated carbocycles. The van der Waals surface area contributed by atoms with Gasteiger partial charge in [-0.2, -0.15) is 0 Å². The lowest BCUT2D eigenvalue weighted by atomic mass is 9.93. The topological polar surface area (TPSA) is 35.2 Å². The van der Waals surface area contributed by atoms with Crippen molar-refractivity contribution in [1.29, 1.82) is 0 Å². The van der Waals surface area contributed by atoms with Crippen LogP contribution in [0.3, 0.4) is 0 Å². The summed E-state index contributed by atoms with van der Waals surface area (Å²) >= 11 is 0. The lowest BCUT2D eigenvalue weighted by molar-refractivity contribution is 0.407. The fraction of sp³-hybridized carbons (Fsp3) is 0.250. The average Bonchev–Trinajstić information content (AvgIpc) is 2.35. The van der Waals surface area contributed by atoms with Gasteiger partial charge in [-0.15, -0.1) is 0 Å². The van der Waals surface area contributed by atoms with Gasteiger partial charge in [0.2, 0.25) is 0 Å². The molecule has 0 aromatic heterocycles. The fourth-order valence-electron chi connectivity index (χ4n) is 2.43. The van der Waals surface area contributed by atoms with Gasteiger partial charge in [-0.1, -0.05) is 6.07 Å². The zero-order valence-electron chi connectivity index (χ0n) is 11.7. The molecule has 0 bridgehead atoms. The van der Waals surface area contributed by atoms with E-state index in [4.69, 9.17) is 10.5 Å². The molecule has 0 spiro atoms. The first kappa shape index (κ1) is 14.5. The Morgan fingerprint density at radius 2 is 1.60 bits per heavy atom. The van der Waals surface area contributed by atoms with E-state index < -0.39 is 17.7 Å². The van der Waals surface area contributed by atoms with E-state index in [1.807, 2.05) is 26.0 Å². The summed E-state index contributed by atoms with van der Waals surface area (Å²) in [6, 6.07) is 6.50. The Kier molecular flexibility index (Phi) is 4.04. The molecule has 0 saturated heterocycles. The summed E-state index contributed by atoms with van der Waals surface area (Å²) in [6.07, 6.45) is 0. The van der Waals surface area contributed by atoms with Gasteiger partial charge in [0.1, 0.15) is 17.4 Å². The Bertz CT molecular complexity index is 620. The van der Waals surface area contributed by atoms with Crippen LogP contribution in [0.15, 0.2) is 30.3 Å². The van der Waals surface area contributed by atoms with E-state index in [1.165, 1.54) is 12.1 Å². The molecule has 0 aliphatic carbocycles. The third-order valence-electron chi connectivity index (χ3n) is 3.27. The molecule has 0 radical (unpaired) electrons. The van der Waals surface area contributed by atoms with Crippen LogP contribution in [0.25, 0.3) is 0 Å². The molecule has 1 atom stereocenters. The second-order valence-corrected chi connectivity index (χ2v) is 4.88. The van der Waals surface area contributed by atoms with Crippen molar-refractivity contribution < 1.29 is 13.5 Å². The highest BCUT2D eigenvalue weighted by Crippen LogP contribution is 2.32. The molecule has 2 rings (SSSR count). The highest BCUT2D eigenvalue weighted by molar-refractivity contribution is 5.48. The fourth-order valence-corrected chi connectivity index (χ4v) is 2.43. The first-order valence-electron chi connectivity index (χ1n) is 6.29. The van der Waals surface area contributed by atoms with Crippen molar-refractivity contribution in [2.24, 2.45) is 5.73 Å². The van der Waals surface area contributed by atoms with Crippen LogP contribution in [-0.2, 0) is 0 Å². The molecule has 4 heteroatoms. The number of rotatable bonds is 3. The Balaban J connectivity index is 2.55. The number of ether oxygens (including phenoxy) is 1. The van der Waals surface area contributed by atoms with E-state index in [0.29, 0.717) is 11.3 Å². The van der Waals surface area contributed by atoms with Crippen molar-refractivity contribution in [1.82, 2.24) is 0 Å². The third-order valence-corrected chi connectivity index (χ3v) is 3.27. The van der Waals surface area contributed by atoms with Crippen molar-refractivity contribution in [2.45, 2.75) is 19.9 Å². The van der Waals surface area contributed by atoms with Crippen LogP contribution < -0.4 is 10.5 Å². The van der Waals surface area contributed by atoms with Crippen LogP contribution >= 0.6 is 0 Å². The van der Waals surface area contributed by atoms with E-state index >= 15 is 0 Å². The van der Waals surface area contributed by atoms with Crippen molar-refractivity contribution in [2.75, 3.05) is 7.11 Å². The molecule has 0 aliphatic rings. The number of nitrogens with two attached hydrogens (primary N) is 1. The van der Waals surface area contributed by atoms with E-state index in [2.05, 4.69) is 0 Å². The normalized spacial score (nSPS) is 12.3. The SMILES string of the molecule is COc1cc(C)cc(C)c1C(N)c1cc(F)cc(F)c1. The maximum Gasteiger partial charge on any atom is 0.126 e. The van der Waals surface area contributed by atoms with Crippen LogP contribution in [0.1, 0.15) is 28.3 Å². The largest absolute Gasteiger partial charge is 0.496 e. The molecule has 2 aromatic rings. The molecule has 1 unspecified atom stereocenters. The molecule has 2 aromatic carbocycles. The molecule has 0 aliphatic heterocycles. The standard InChI is InChI=1S/C16H17F2NO/c1-9-4-10(2)15(14(5-9)20-3)16(19)11-6-12(17)8-13(18)7-11/h4-8,16H,19H2,1-3H3. The van der Waals surface area contributed by atoms with E-state index in [0.717, 1.165) is 22.8 Å². The number of halogens is 2. The molecular weight excluding hydrogens is 260 g/mol. The van der Waals surface area contributed by atoms with E-state index in [1.54, 1.807) is 7.11 Å². The molecule has 20 heavy (non-hydrogen) atoms. The lowest BCUT2D eigenvalue weighted by Gasteiger charge is -2.19. The van der Waals surface area contributed by atoms with E-state index in [9.17, 15) is 8.78 Å². The van der Waals surface area contributed by atoms with Gasteiger partial charge in [0.25, 0.3) is 0 Å². The zero-order chi connectivity index (χ0) is 14.9. The molecule has 0 fully saturated rings. The number of benzene rings is 2. The average molecular weight is 277 g/mol. The van der Waals surface area contributed by atoms with E-state index in [-0.39, 0.29) is 0 Å². The predicted molar refractivity (Wildman–Crippen MR) is 74.9 cm³/mol. The van der Waals surface area contributed by atoms with Crippen molar-refractivity contribution in [3.05, 3.63) is 64.2 Å². The quantitative estimate of drug-likeness (QED) is 0.929. The predicted octanol–water partition coefficient (Wildman–Crippen LogP) is 3.64. The summed E-state index contributed by atoms with van der Waals surface area (Å²) in [5, 5.41) is 0. The lowest BCUT2D eigenvalue weighted by Crippen LogP contribution is -2.15. The summed E-state index contributed by atoms with van der Waals surface area (Å²) in [4.78, 5) is 0. The van der Waals surface area contributed by atoms with Gasteiger partial charge in [-0.3, -0.25) is 0 Å². The number of hydrogen-bond donors (Lipinski definition) is 1. The van der Waals surface area contributed by atoms with Crippen LogP contribution in [0.2, 0.25) is 0 Å². The van der Waals surface area contributed by atoms with Gasteiger partial charge in [-0.25, -0.2) is 8.78 Å².